The first-order valence-corrected chi connectivity index (χ1v) is 8.14. The maximum absolute atomic E-state index is 10.8. The second-order valence-electron chi connectivity index (χ2n) is 5.75. The molecule has 0 aliphatic rings. The van der Waals surface area contributed by atoms with Gasteiger partial charge in [0.1, 0.15) is 0 Å². The molecule has 0 atom stereocenters. The molecule has 0 radical (unpaired) electrons. The van der Waals surface area contributed by atoms with Crippen LogP contribution >= 0.6 is 0 Å². The molecular weight excluding hydrogens is 260 g/mol. The second-order valence-corrected chi connectivity index (χ2v) is 5.75. The van der Waals surface area contributed by atoms with Crippen molar-refractivity contribution in [1.82, 2.24) is 0 Å². The molecule has 2 heteroatoms. The van der Waals surface area contributed by atoms with Crippen LogP contribution in [0.4, 0.5) is 0 Å². The molecule has 0 aromatic heterocycles. The van der Waals surface area contributed by atoms with Crippen LogP contribution < -0.4 is 0 Å². The van der Waals surface area contributed by atoms with Gasteiger partial charge in [-0.1, -0.05) is 69.7 Å². The van der Waals surface area contributed by atoms with Gasteiger partial charge in [0.25, 0.3) is 0 Å². The fourth-order valence-corrected chi connectivity index (χ4v) is 2.38. The van der Waals surface area contributed by atoms with E-state index in [0.29, 0.717) is 5.57 Å². The Kier molecular flexibility index (Phi) is 8.49. The Labute approximate surface area is 128 Å². The van der Waals surface area contributed by atoms with Crippen molar-refractivity contribution in [3.05, 3.63) is 41.0 Å². The van der Waals surface area contributed by atoms with Gasteiger partial charge >= 0.3 is 5.97 Å². The topological polar surface area (TPSA) is 37.3 Å². The summed E-state index contributed by atoms with van der Waals surface area (Å²) in [6.45, 7) is 3.87. The highest BCUT2D eigenvalue weighted by Gasteiger charge is 2.00. The zero-order valence-corrected chi connectivity index (χ0v) is 13.4. The second kappa shape index (κ2) is 10.2. The highest BCUT2D eigenvalue weighted by atomic mass is 16.4. The van der Waals surface area contributed by atoms with E-state index in [9.17, 15) is 4.79 Å². The highest BCUT2D eigenvalue weighted by molar-refractivity contribution is 5.91. The fraction of sp³-hybridized carbons (Fsp3) is 0.526. The van der Waals surface area contributed by atoms with E-state index in [2.05, 4.69) is 19.1 Å². The Morgan fingerprint density at radius 2 is 1.57 bits per heavy atom. The van der Waals surface area contributed by atoms with Crippen molar-refractivity contribution in [2.45, 2.75) is 65.2 Å². The van der Waals surface area contributed by atoms with Gasteiger partial charge in [0.15, 0.2) is 0 Å². The Balaban J connectivity index is 2.28. The molecular formula is C19H28O2. The van der Waals surface area contributed by atoms with Gasteiger partial charge < -0.3 is 5.11 Å². The monoisotopic (exact) mass is 288 g/mol. The van der Waals surface area contributed by atoms with Crippen molar-refractivity contribution >= 4 is 12.0 Å². The number of carboxylic acids is 1. The van der Waals surface area contributed by atoms with Crippen molar-refractivity contribution in [3.63, 3.8) is 0 Å². The Morgan fingerprint density at radius 3 is 2.14 bits per heavy atom. The van der Waals surface area contributed by atoms with Gasteiger partial charge in [0.05, 0.1) is 0 Å². The summed E-state index contributed by atoms with van der Waals surface area (Å²) < 4.78 is 0. The van der Waals surface area contributed by atoms with Gasteiger partial charge in [-0.15, -0.1) is 0 Å². The molecule has 0 amide bonds. The lowest BCUT2D eigenvalue weighted by Crippen LogP contribution is -1.95. The lowest BCUT2D eigenvalue weighted by Gasteiger charge is -2.03. The quantitative estimate of drug-likeness (QED) is 0.458. The number of carboxylic acid groups (broad SMARTS) is 1. The number of carbonyl (C=O) groups is 1. The van der Waals surface area contributed by atoms with E-state index in [1.165, 1.54) is 50.5 Å². The Hall–Kier alpha value is -1.57. The predicted octanol–water partition coefficient (Wildman–Crippen LogP) is 5.47. The highest BCUT2D eigenvalue weighted by Crippen LogP contribution is 2.13. The van der Waals surface area contributed by atoms with Crippen LogP contribution in [0.15, 0.2) is 29.8 Å². The van der Waals surface area contributed by atoms with E-state index in [1.54, 1.807) is 13.0 Å². The minimum Gasteiger partial charge on any atom is -0.478 e. The number of unbranched alkanes of at least 4 members (excludes halogenated alkanes) is 6. The third-order valence-electron chi connectivity index (χ3n) is 3.77. The van der Waals surface area contributed by atoms with Gasteiger partial charge in [-0.25, -0.2) is 4.79 Å². The molecule has 1 aromatic carbocycles. The molecule has 0 heterocycles. The molecule has 0 spiro atoms. The Bertz CT molecular complexity index is 443. The number of aliphatic carboxylic acids is 1. The van der Waals surface area contributed by atoms with Crippen LogP contribution in [0.1, 0.15) is 69.9 Å². The molecule has 1 N–H and O–H groups in total. The van der Waals surface area contributed by atoms with Crippen molar-refractivity contribution in [1.29, 1.82) is 0 Å². The van der Waals surface area contributed by atoms with Gasteiger partial charge in [0, 0.05) is 5.57 Å². The maximum Gasteiger partial charge on any atom is 0.331 e. The zero-order valence-electron chi connectivity index (χ0n) is 13.4. The normalized spacial score (nSPS) is 11.6. The molecule has 0 fully saturated rings. The summed E-state index contributed by atoms with van der Waals surface area (Å²) in [6.07, 6.45) is 12.1. The molecule has 1 rings (SSSR count). The molecule has 2 nitrogen and oxygen atoms in total. The summed E-state index contributed by atoms with van der Waals surface area (Å²) >= 11 is 0. The van der Waals surface area contributed by atoms with E-state index >= 15 is 0 Å². The van der Waals surface area contributed by atoms with Crippen LogP contribution in [-0.2, 0) is 11.2 Å². The van der Waals surface area contributed by atoms with Crippen molar-refractivity contribution in [3.8, 4) is 0 Å². The minimum absolute atomic E-state index is 0.370. The number of benzene rings is 1. The van der Waals surface area contributed by atoms with Crippen molar-refractivity contribution < 1.29 is 9.90 Å². The molecule has 116 valence electrons. The smallest absolute Gasteiger partial charge is 0.331 e. The summed E-state index contributed by atoms with van der Waals surface area (Å²) in [6, 6.07) is 8.22. The summed E-state index contributed by atoms with van der Waals surface area (Å²) in [4.78, 5) is 10.8. The maximum atomic E-state index is 10.8. The number of aryl methyl sites for hydroxylation is 1. The van der Waals surface area contributed by atoms with Gasteiger partial charge in [-0.05, 0) is 37.0 Å². The molecule has 0 saturated carbocycles. The van der Waals surface area contributed by atoms with Gasteiger partial charge in [-0.3, -0.25) is 0 Å². The first kappa shape index (κ1) is 17.5. The molecule has 0 aliphatic heterocycles. The van der Waals surface area contributed by atoms with Crippen LogP contribution in [0.5, 0.6) is 0 Å². The first-order chi connectivity index (χ1) is 10.1. The fourth-order valence-electron chi connectivity index (χ4n) is 2.38. The molecule has 0 saturated heterocycles. The molecule has 0 bridgehead atoms. The van der Waals surface area contributed by atoms with Crippen LogP contribution in [0, 0.1) is 0 Å². The van der Waals surface area contributed by atoms with Gasteiger partial charge in [-0.2, -0.15) is 0 Å². The first-order valence-electron chi connectivity index (χ1n) is 8.14. The van der Waals surface area contributed by atoms with Crippen LogP contribution in [0.25, 0.3) is 6.08 Å². The largest absolute Gasteiger partial charge is 0.478 e. The van der Waals surface area contributed by atoms with E-state index in [-0.39, 0.29) is 0 Å². The molecule has 21 heavy (non-hydrogen) atoms. The minimum atomic E-state index is -0.859. The SMILES string of the molecule is CCCCCCCCCc1ccc(C=C(C)C(=O)O)cc1. The third-order valence-corrected chi connectivity index (χ3v) is 3.77. The zero-order chi connectivity index (χ0) is 15.5. The number of hydrogen-bond donors (Lipinski definition) is 1. The summed E-state index contributed by atoms with van der Waals surface area (Å²) in [5.74, 6) is -0.859. The summed E-state index contributed by atoms with van der Waals surface area (Å²) in [5.41, 5.74) is 2.67. The number of rotatable bonds is 10. The standard InChI is InChI=1S/C19H28O2/c1-3-4-5-6-7-8-9-10-17-11-13-18(14-12-17)15-16(2)19(20)21/h11-15H,3-10H2,1-2H3,(H,20,21). The van der Waals surface area contributed by atoms with E-state index in [1.807, 2.05) is 12.1 Å². The predicted molar refractivity (Wildman–Crippen MR) is 89.4 cm³/mol. The van der Waals surface area contributed by atoms with Gasteiger partial charge in [0.2, 0.25) is 0 Å². The number of hydrogen-bond acceptors (Lipinski definition) is 1. The van der Waals surface area contributed by atoms with Crippen LogP contribution in [0.3, 0.4) is 0 Å². The average Bonchev–Trinajstić information content (AvgIpc) is 2.48. The average molecular weight is 288 g/mol. The summed E-state index contributed by atoms with van der Waals surface area (Å²) in [5, 5.41) is 8.85. The Morgan fingerprint density at radius 1 is 1.00 bits per heavy atom. The summed E-state index contributed by atoms with van der Waals surface area (Å²) in [7, 11) is 0. The van der Waals surface area contributed by atoms with Crippen LogP contribution in [0.2, 0.25) is 0 Å². The van der Waals surface area contributed by atoms with Crippen LogP contribution in [-0.4, -0.2) is 11.1 Å². The van der Waals surface area contributed by atoms with Crippen molar-refractivity contribution in [2.75, 3.05) is 0 Å². The molecule has 0 unspecified atom stereocenters. The molecule has 0 aliphatic carbocycles. The van der Waals surface area contributed by atoms with E-state index < -0.39 is 5.97 Å². The van der Waals surface area contributed by atoms with Crippen molar-refractivity contribution in [2.24, 2.45) is 0 Å². The lowest BCUT2D eigenvalue weighted by molar-refractivity contribution is -0.132. The molecule has 1 aromatic rings. The van der Waals surface area contributed by atoms with E-state index in [4.69, 9.17) is 5.11 Å². The van der Waals surface area contributed by atoms with E-state index in [0.717, 1.165) is 12.0 Å². The third kappa shape index (κ3) is 7.69. The lowest BCUT2D eigenvalue weighted by atomic mass is 10.0.